The molecule has 0 aliphatic carbocycles. The molecule has 0 unspecified atom stereocenters. The SMILES string of the molecule is C.Cc1c2c(cc3c1CCCO3)CCNCC2. The van der Waals surface area contributed by atoms with Gasteiger partial charge in [-0.15, -0.1) is 0 Å². The second-order valence-corrected chi connectivity index (χ2v) is 4.82. The van der Waals surface area contributed by atoms with E-state index in [2.05, 4.69) is 18.3 Å². The number of nitrogens with one attached hydrogen (secondary N) is 1. The topological polar surface area (TPSA) is 21.3 Å². The second-order valence-electron chi connectivity index (χ2n) is 4.82. The number of hydrogen-bond donors (Lipinski definition) is 1. The first kappa shape index (κ1) is 12.4. The lowest BCUT2D eigenvalue weighted by Gasteiger charge is -2.23. The molecule has 0 radical (unpaired) electrons. The monoisotopic (exact) mass is 233 g/mol. The maximum absolute atomic E-state index is 5.79. The van der Waals surface area contributed by atoms with E-state index in [9.17, 15) is 0 Å². The average Bonchev–Trinajstić information content (AvgIpc) is 2.55. The fraction of sp³-hybridized carbons (Fsp3) is 0.600. The molecule has 94 valence electrons. The lowest BCUT2D eigenvalue weighted by molar-refractivity contribution is 0.287. The lowest BCUT2D eigenvalue weighted by Crippen LogP contribution is -2.16. The summed E-state index contributed by atoms with van der Waals surface area (Å²) < 4.78 is 5.79. The third kappa shape index (κ3) is 2.19. The maximum atomic E-state index is 5.79. The van der Waals surface area contributed by atoms with E-state index in [1.807, 2.05) is 0 Å². The van der Waals surface area contributed by atoms with Crippen molar-refractivity contribution in [1.29, 1.82) is 0 Å². The van der Waals surface area contributed by atoms with Crippen LogP contribution in [0.4, 0.5) is 0 Å². The van der Waals surface area contributed by atoms with E-state index in [0.29, 0.717) is 0 Å². The molecule has 0 atom stereocenters. The fourth-order valence-corrected chi connectivity index (χ4v) is 2.94. The molecule has 2 heteroatoms. The van der Waals surface area contributed by atoms with Crippen molar-refractivity contribution in [1.82, 2.24) is 5.32 Å². The van der Waals surface area contributed by atoms with Gasteiger partial charge < -0.3 is 10.1 Å². The summed E-state index contributed by atoms with van der Waals surface area (Å²) in [6, 6.07) is 2.30. The molecule has 0 spiro atoms. The first-order valence-corrected chi connectivity index (χ1v) is 6.34. The third-order valence-corrected chi connectivity index (χ3v) is 3.85. The first-order valence-electron chi connectivity index (χ1n) is 6.34. The van der Waals surface area contributed by atoms with Gasteiger partial charge in [0.25, 0.3) is 0 Å². The van der Waals surface area contributed by atoms with E-state index in [1.165, 1.54) is 36.0 Å². The summed E-state index contributed by atoms with van der Waals surface area (Å²) in [5.74, 6) is 1.16. The summed E-state index contributed by atoms with van der Waals surface area (Å²) in [6.07, 6.45) is 4.69. The van der Waals surface area contributed by atoms with E-state index >= 15 is 0 Å². The van der Waals surface area contributed by atoms with Crippen LogP contribution < -0.4 is 10.1 Å². The number of ether oxygens (including phenoxy) is 1. The molecule has 3 rings (SSSR count). The third-order valence-electron chi connectivity index (χ3n) is 3.85. The Morgan fingerprint density at radius 3 is 2.82 bits per heavy atom. The largest absolute Gasteiger partial charge is 0.493 e. The van der Waals surface area contributed by atoms with Crippen LogP contribution in [0.1, 0.15) is 36.1 Å². The van der Waals surface area contributed by atoms with Crippen LogP contribution in [0.3, 0.4) is 0 Å². The van der Waals surface area contributed by atoms with E-state index in [-0.39, 0.29) is 7.43 Å². The number of fused-ring (bicyclic) bond motifs is 2. The predicted molar refractivity (Wildman–Crippen MR) is 72.0 cm³/mol. The van der Waals surface area contributed by atoms with Crippen molar-refractivity contribution >= 4 is 0 Å². The van der Waals surface area contributed by atoms with Gasteiger partial charge in [0.2, 0.25) is 0 Å². The van der Waals surface area contributed by atoms with Crippen molar-refractivity contribution < 1.29 is 4.74 Å². The summed E-state index contributed by atoms with van der Waals surface area (Å²) in [5, 5.41) is 3.47. The van der Waals surface area contributed by atoms with Crippen molar-refractivity contribution in [3.8, 4) is 5.75 Å². The molecule has 2 nitrogen and oxygen atoms in total. The van der Waals surface area contributed by atoms with Gasteiger partial charge in [0.1, 0.15) is 5.75 Å². The molecule has 0 amide bonds. The molecule has 2 heterocycles. The Morgan fingerprint density at radius 2 is 1.94 bits per heavy atom. The zero-order valence-corrected chi connectivity index (χ0v) is 9.94. The number of benzene rings is 1. The predicted octanol–water partition coefficient (Wildman–Crippen LogP) is 2.64. The lowest BCUT2D eigenvalue weighted by atomic mass is 9.90. The minimum atomic E-state index is 0. The van der Waals surface area contributed by atoms with Crippen LogP contribution in [-0.4, -0.2) is 19.7 Å². The summed E-state index contributed by atoms with van der Waals surface area (Å²) in [5.41, 5.74) is 6.04. The highest BCUT2D eigenvalue weighted by atomic mass is 16.5. The van der Waals surface area contributed by atoms with Crippen LogP contribution in [0.2, 0.25) is 0 Å². The van der Waals surface area contributed by atoms with Gasteiger partial charge in [-0.25, -0.2) is 0 Å². The van der Waals surface area contributed by atoms with E-state index in [0.717, 1.165) is 31.9 Å². The second kappa shape index (κ2) is 5.09. The Balaban J connectivity index is 0.00000108. The molecule has 17 heavy (non-hydrogen) atoms. The Hall–Kier alpha value is -1.02. The van der Waals surface area contributed by atoms with Crippen molar-refractivity contribution in [2.75, 3.05) is 19.7 Å². The first-order chi connectivity index (χ1) is 7.86. The molecular formula is C15H23NO. The highest BCUT2D eigenvalue weighted by molar-refractivity contribution is 5.50. The van der Waals surface area contributed by atoms with Crippen LogP contribution in [-0.2, 0) is 19.3 Å². The Bertz CT molecular complexity index is 412. The van der Waals surface area contributed by atoms with Gasteiger partial charge in [-0.05, 0) is 74.0 Å². The standard InChI is InChI=1S/C14H19NO.CH4/c1-10-12-5-7-15-6-4-11(12)9-14-13(10)3-2-8-16-14;/h9,15H,2-8H2,1H3;1H4. The van der Waals surface area contributed by atoms with Crippen LogP contribution in [0.5, 0.6) is 5.75 Å². The Morgan fingerprint density at radius 1 is 1.12 bits per heavy atom. The Labute approximate surface area is 104 Å². The highest BCUT2D eigenvalue weighted by Gasteiger charge is 2.19. The summed E-state index contributed by atoms with van der Waals surface area (Å²) in [7, 11) is 0. The summed E-state index contributed by atoms with van der Waals surface area (Å²) >= 11 is 0. The van der Waals surface area contributed by atoms with Crippen molar-refractivity contribution in [3.63, 3.8) is 0 Å². The van der Waals surface area contributed by atoms with Gasteiger partial charge in [0.15, 0.2) is 0 Å². The van der Waals surface area contributed by atoms with Gasteiger partial charge >= 0.3 is 0 Å². The molecule has 0 saturated carbocycles. The molecule has 0 saturated heterocycles. The van der Waals surface area contributed by atoms with Gasteiger partial charge in [-0.1, -0.05) is 7.43 Å². The molecule has 1 aromatic rings. The van der Waals surface area contributed by atoms with Gasteiger partial charge in [-0.2, -0.15) is 0 Å². The van der Waals surface area contributed by atoms with Gasteiger partial charge in [-0.3, -0.25) is 0 Å². The quantitative estimate of drug-likeness (QED) is 0.744. The van der Waals surface area contributed by atoms with Gasteiger partial charge in [0, 0.05) is 0 Å². The smallest absolute Gasteiger partial charge is 0.123 e. The molecular weight excluding hydrogens is 210 g/mol. The maximum Gasteiger partial charge on any atom is 0.123 e. The summed E-state index contributed by atoms with van der Waals surface area (Å²) in [4.78, 5) is 0. The van der Waals surface area contributed by atoms with Crippen LogP contribution in [0.25, 0.3) is 0 Å². The normalized spacial score (nSPS) is 18.2. The molecule has 2 aliphatic rings. The van der Waals surface area contributed by atoms with Crippen LogP contribution >= 0.6 is 0 Å². The molecule has 0 fully saturated rings. The van der Waals surface area contributed by atoms with Gasteiger partial charge in [0.05, 0.1) is 6.61 Å². The molecule has 0 aromatic heterocycles. The van der Waals surface area contributed by atoms with Crippen molar-refractivity contribution in [3.05, 3.63) is 28.3 Å². The molecule has 1 aromatic carbocycles. The molecule has 2 aliphatic heterocycles. The molecule has 1 N–H and O–H groups in total. The summed E-state index contributed by atoms with van der Waals surface area (Å²) in [6.45, 7) is 5.39. The van der Waals surface area contributed by atoms with Crippen molar-refractivity contribution in [2.24, 2.45) is 0 Å². The minimum Gasteiger partial charge on any atom is -0.493 e. The van der Waals surface area contributed by atoms with Crippen LogP contribution in [0, 0.1) is 6.92 Å². The fourth-order valence-electron chi connectivity index (χ4n) is 2.94. The van der Waals surface area contributed by atoms with Crippen molar-refractivity contribution in [2.45, 2.75) is 40.0 Å². The molecule has 0 bridgehead atoms. The number of hydrogen-bond acceptors (Lipinski definition) is 2. The minimum absolute atomic E-state index is 0. The van der Waals surface area contributed by atoms with E-state index in [4.69, 9.17) is 4.74 Å². The Kier molecular flexibility index (Phi) is 3.72. The zero-order chi connectivity index (χ0) is 11.0. The van der Waals surface area contributed by atoms with E-state index < -0.39 is 0 Å². The highest BCUT2D eigenvalue weighted by Crippen LogP contribution is 2.33. The van der Waals surface area contributed by atoms with E-state index in [1.54, 1.807) is 5.56 Å². The zero-order valence-electron chi connectivity index (χ0n) is 9.94. The number of rotatable bonds is 0. The van der Waals surface area contributed by atoms with Crippen LogP contribution in [0.15, 0.2) is 6.07 Å². The average molecular weight is 233 g/mol.